The van der Waals surface area contributed by atoms with Gasteiger partial charge in [-0.3, -0.25) is 19.4 Å². The summed E-state index contributed by atoms with van der Waals surface area (Å²) < 4.78 is 83.2. The largest absolute Gasteiger partial charge is 0.423 e. The van der Waals surface area contributed by atoms with Gasteiger partial charge in [-0.1, -0.05) is 0 Å². The quantitative estimate of drug-likeness (QED) is 0.296. The van der Waals surface area contributed by atoms with Crippen LogP contribution in [-0.2, 0) is 21.9 Å². The van der Waals surface area contributed by atoms with Gasteiger partial charge in [0.25, 0.3) is 5.56 Å². The number of carbonyl (C=O) groups excluding carboxylic acids is 1. The van der Waals surface area contributed by atoms with Gasteiger partial charge in [0, 0.05) is 38.6 Å². The molecule has 0 bridgehead atoms. The number of hydrogen-bond acceptors (Lipinski definition) is 9. The van der Waals surface area contributed by atoms with E-state index in [2.05, 4.69) is 20.4 Å². The summed E-state index contributed by atoms with van der Waals surface area (Å²) >= 11 is 0. The van der Waals surface area contributed by atoms with E-state index in [9.17, 15) is 41.0 Å². The van der Waals surface area contributed by atoms with Crippen molar-refractivity contribution in [3.8, 4) is 0 Å². The summed E-state index contributed by atoms with van der Waals surface area (Å²) in [5, 5.41) is 17.5. The first-order chi connectivity index (χ1) is 17.8. The Morgan fingerprint density at radius 3 is 2.37 bits per heavy atom. The Morgan fingerprint density at radius 1 is 1.11 bits per heavy atom. The number of aliphatic hydroxyl groups is 1. The Morgan fingerprint density at radius 2 is 1.79 bits per heavy atom. The maximum atomic E-state index is 13.2. The van der Waals surface area contributed by atoms with E-state index in [1.54, 1.807) is 10.00 Å². The molecule has 2 aromatic heterocycles. The van der Waals surface area contributed by atoms with E-state index in [0.717, 1.165) is 6.20 Å². The fraction of sp³-hybridized carbons (Fsp3) is 0.571. The molecule has 38 heavy (non-hydrogen) atoms. The van der Waals surface area contributed by atoms with Gasteiger partial charge in [-0.15, -0.1) is 0 Å². The van der Waals surface area contributed by atoms with E-state index in [4.69, 9.17) is 4.74 Å². The predicted octanol–water partition coefficient (Wildman–Crippen LogP) is 1.51. The van der Waals surface area contributed by atoms with E-state index < -0.39 is 46.9 Å². The SMILES string of the molecule is C[C@@H](O)[C@@H](COCCCN1CCN(c2ncc(C(F)(F)F)cn2)C(=O)C1)Nc1cn[nH]c(=O)c1C(F)(F)F. The second-order valence-electron chi connectivity index (χ2n) is 8.50. The number of amides is 1. The van der Waals surface area contributed by atoms with E-state index in [0.29, 0.717) is 31.9 Å². The minimum atomic E-state index is -4.94. The second kappa shape index (κ2) is 12.0. The lowest BCUT2D eigenvalue weighted by molar-refractivity contribution is -0.139. The number of alkyl halides is 6. The smallest absolute Gasteiger partial charge is 0.391 e. The number of nitrogens with one attached hydrogen (secondary N) is 2. The van der Waals surface area contributed by atoms with Gasteiger partial charge < -0.3 is 15.2 Å². The van der Waals surface area contributed by atoms with Crippen molar-refractivity contribution < 1.29 is 41.0 Å². The standard InChI is InChI=1S/C21H25F6N7O4/c1-12(35)15(31-14-9-30-32-18(37)17(14)21(25,26)27)11-38-6-2-3-33-4-5-34(16(36)10-33)19-28-7-13(8-29-19)20(22,23)24/h7-9,12,15,35H,2-6,10-11H2,1H3,(H2,31,32,37)/t12-,15-/m1/s1. The highest BCUT2D eigenvalue weighted by molar-refractivity contribution is 5.93. The number of aromatic nitrogens is 4. The molecular weight excluding hydrogens is 528 g/mol. The van der Waals surface area contributed by atoms with Gasteiger partial charge in [-0.05, 0) is 13.3 Å². The van der Waals surface area contributed by atoms with Gasteiger partial charge in [-0.25, -0.2) is 15.1 Å². The number of H-pyrrole nitrogens is 1. The first kappa shape index (κ1) is 29.2. The molecule has 2 atom stereocenters. The summed E-state index contributed by atoms with van der Waals surface area (Å²) in [5.41, 5.74) is -4.50. The van der Waals surface area contributed by atoms with E-state index in [1.807, 2.05) is 0 Å². The van der Waals surface area contributed by atoms with Crippen molar-refractivity contribution in [1.82, 2.24) is 25.1 Å². The average Bonchev–Trinajstić information content (AvgIpc) is 2.82. The Labute approximate surface area is 211 Å². The summed E-state index contributed by atoms with van der Waals surface area (Å²) in [6.07, 6.45) is -8.19. The first-order valence-corrected chi connectivity index (χ1v) is 11.4. The molecule has 0 aliphatic carbocycles. The number of aliphatic hydroxyl groups excluding tert-OH is 1. The molecule has 1 aliphatic rings. The molecule has 3 heterocycles. The van der Waals surface area contributed by atoms with E-state index in [1.165, 1.54) is 11.8 Å². The van der Waals surface area contributed by atoms with Crippen LogP contribution in [0.3, 0.4) is 0 Å². The van der Waals surface area contributed by atoms with Crippen molar-refractivity contribution in [1.29, 1.82) is 0 Å². The number of aromatic amines is 1. The number of hydrogen-bond donors (Lipinski definition) is 3. The lowest BCUT2D eigenvalue weighted by atomic mass is 10.1. The van der Waals surface area contributed by atoms with Crippen molar-refractivity contribution in [2.45, 2.75) is 37.8 Å². The summed E-state index contributed by atoms with van der Waals surface area (Å²) in [5.74, 6) is -0.505. The maximum Gasteiger partial charge on any atom is 0.423 e. The fourth-order valence-corrected chi connectivity index (χ4v) is 3.62. The van der Waals surface area contributed by atoms with Crippen LogP contribution in [0.2, 0.25) is 0 Å². The third kappa shape index (κ3) is 7.61. The van der Waals surface area contributed by atoms with Crippen LogP contribution in [-0.4, -0.2) is 87.6 Å². The Balaban J connectivity index is 1.45. The monoisotopic (exact) mass is 553 g/mol. The molecule has 1 fully saturated rings. The highest BCUT2D eigenvalue weighted by Gasteiger charge is 2.38. The zero-order valence-corrected chi connectivity index (χ0v) is 20.0. The van der Waals surface area contributed by atoms with Gasteiger partial charge >= 0.3 is 12.4 Å². The molecule has 1 saturated heterocycles. The number of ether oxygens (including phenoxy) is 1. The van der Waals surface area contributed by atoms with Gasteiger partial charge in [0.1, 0.15) is 5.56 Å². The molecule has 11 nitrogen and oxygen atoms in total. The van der Waals surface area contributed by atoms with Crippen LogP contribution in [0.5, 0.6) is 0 Å². The summed E-state index contributed by atoms with van der Waals surface area (Å²) in [7, 11) is 0. The van der Waals surface area contributed by atoms with Crippen molar-refractivity contribution in [2.75, 3.05) is 49.6 Å². The predicted molar refractivity (Wildman–Crippen MR) is 120 cm³/mol. The van der Waals surface area contributed by atoms with Gasteiger partial charge in [-0.2, -0.15) is 31.4 Å². The summed E-state index contributed by atoms with van der Waals surface area (Å²) in [6, 6.07) is -0.978. The molecule has 0 saturated carbocycles. The average molecular weight is 553 g/mol. The fourth-order valence-electron chi connectivity index (χ4n) is 3.62. The van der Waals surface area contributed by atoms with Crippen LogP contribution in [0.4, 0.5) is 38.0 Å². The molecule has 0 aromatic carbocycles. The summed E-state index contributed by atoms with van der Waals surface area (Å²) in [4.78, 5) is 34.3. The number of carbonyl (C=O) groups is 1. The molecule has 3 N–H and O–H groups in total. The van der Waals surface area contributed by atoms with Gasteiger partial charge in [0.2, 0.25) is 11.9 Å². The third-order valence-corrected chi connectivity index (χ3v) is 5.63. The van der Waals surface area contributed by atoms with Crippen LogP contribution in [0.15, 0.2) is 23.4 Å². The normalized spacial score (nSPS) is 16.9. The zero-order chi connectivity index (χ0) is 28.1. The Kier molecular flexibility index (Phi) is 9.26. The van der Waals surface area contributed by atoms with Gasteiger partial charge in [0.15, 0.2) is 0 Å². The van der Waals surface area contributed by atoms with Crippen molar-refractivity contribution in [3.05, 3.63) is 40.1 Å². The van der Waals surface area contributed by atoms with Crippen LogP contribution in [0, 0.1) is 0 Å². The van der Waals surface area contributed by atoms with E-state index in [-0.39, 0.29) is 38.2 Å². The Bertz CT molecular complexity index is 1140. The molecule has 2 aromatic rings. The number of anilines is 2. The number of halogens is 6. The molecule has 1 aliphatic heterocycles. The second-order valence-corrected chi connectivity index (χ2v) is 8.50. The van der Waals surface area contributed by atoms with Crippen molar-refractivity contribution >= 4 is 17.5 Å². The van der Waals surface area contributed by atoms with Crippen LogP contribution >= 0.6 is 0 Å². The van der Waals surface area contributed by atoms with Crippen molar-refractivity contribution in [2.24, 2.45) is 0 Å². The van der Waals surface area contributed by atoms with Gasteiger partial charge in [0.05, 0.1) is 42.7 Å². The first-order valence-electron chi connectivity index (χ1n) is 11.4. The number of piperazine rings is 1. The van der Waals surface area contributed by atoms with Crippen LogP contribution in [0.25, 0.3) is 0 Å². The Hall–Kier alpha value is -3.31. The zero-order valence-electron chi connectivity index (χ0n) is 20.0. The molecular formula is C21H25F6N7O4. The maximum absolute atomic E-state index is 13.2. The molecule has 1 amide bonds. The third-order valence-electron chi connectivity index (χ3n) is 5.63. The molecule has 0 spiro atoms. The minimum Gasteiger partial charge on any atom is -0.391 e. The molecule has 0 unspecified atom stereocenters. The van der Waals surface area contributed by atoms with E-state index >= 15 is 0 Å². The van der Waals surface area contributed by atoms with Crippen LogP contribution in [0.1, 0.15) is 24.5 Å². The minimum absolute atomic E-state index is 0.0159. The molecule has 3 rings (SSSR count). The molecule has 17 heteroatoms. The summed E-state index contributed by atoms with van der Waals surface area (Å²) in [6.45, 7) is 2.31. The highest BCUT2D eigenvalue weighted by atomic mass is 19.4. The van der Waals surface area contributed by atoms with Crippen molar-refractivity contribution in [3.63, 3.8) is 0 Å². The molecule has 210 valence electrons. The lowest BCUT2D eigenvalue weighted by Crippen LogP contribution is -2.51. The highest BCUT2D eigenvalue weighted by Crippen LogP contribution is 2.32. The molecule has 0 radical (unpaired) electrons. The number of nitrogens with zero attached hydrogens (tertiary/aromatic N) is 5. The topological polar surface area (TPSA) is 137 Å². The number of rotatable bonds is 10. The van der Waals surface area contributed by atoms with Crippen LogP contribution < -0.4 is 15.8 Å². The lowest BCUT2D eigenvalue weighted by Gasteiger charge is -2.33.